The van der Waals surface area contributed by atoms with Gasteiger partial charge >= 0.3 is 12.1 Å². The molecule has 3 aliphatic rings. The van der Waals surface area contributed by atoms with Crippen molar-refractivity contribution in [3.8, 4) is 6.07 Å². The molecule has 31 heavy (non-hydrogen) atoms. The zero-order chi connectivity index (χ0) is 21.5. The molecule has 156 valence electrons. The van der Waals surface area contributed by atoms with Crippen molar-refractivity contribution in [3.05, 3.63) is 65.7 Å². The maximum Gasteiger partial charge on any atom is 0.327 e. The van der Waals surface area contributed by atoms with Crippen molar-refractivity contribution in [1.29, 1.82) is 5.26 Å². The van der Waals surface area contributed by atoms with Gasteiger partial charge in [-0.1, -0.05) is 42.5 Å². The topological polar surface area (TPSA) is 96.8 Å². The average Bonchev–Trinajstić information content (AvgIpc) is 3.55. The molecule has 2 aromatic rings. The van der Waals surface area contributed by atoms with Crippen molar-refractivity contribution < 1.29 is 14.4 Å². The highest BCUT2D eigenvalue weighted by molar-refractivity contribution is 6.05. The Hall–Kier alpha value is -3.86. The highest BCUT2D eigenvalue weighted by Crippen LogP contribution is 2.46. The van der Waals surface area contributed by atoms with Crippen molar-refractivity contribution in [2.45, 2.75) is 24.4 Å². The van der Waals surface area contributed by atoms with Crippen LogP contribution in [0.1, 0.15) is 23.5 Å². The number of para-hydroxylation sites is 1. The van der Waals surface area contributed by atoms with E-state index in [1.54, 1.807) is 29.2 Å². The van der Waals surface area contributed by atoms with Crippen LogP contribution in [0.15, 0.2) is 54.6 Å². The lowest BCUT2D eigenvalue weighted by atomic mass is 10.1. The molecule has 5 rings (SSSR count). The minimum absolute atomic E-state index is 0.113. The first-order chi connectivity index (χ1) is 15.1. The van der Waals surface area contributed by atoms with Crippen LogP contribution in [0.4, 0.5) is 15.3 Å². The molecule has 2 aromatic carbocycles. The van der Waals surface area contributed by atoms with Crippen LogP contribution in [0.5, 0.6) is 0 Å². The molecule has 2 aliphatic heterocycles. The van der Waals surface area contributed by atoms with Crippen LogP contribution in [0.2, 0.25) is 0 Å². The number of imide groups is 1. The Morgan fingerprint density at radius 1 is 1.03 bits per heavy atom. The van der Waals surface area contributed by atoms with Crippen LogP contribution in [0.25, 0.3) is 0 Å². The fourth-order valence-corrected chi connectivity index (χ4v) is 4.52. The molecule has 1 saturated carbocycles. The standard InChI is InChI=1S/C23H21N5O3/c24-13-16-8-4-5-9-18(16)25-22(30)26-10-11-27-20(14-26)21(29)28(23(27)31)19-12-17(19)15-6-2-1-3-7-15/h1-9,17,19-20H,10-12,14H2,(H,25,30)/t17-,19+,20?/m1/s1. The summed E-state index contributed by atoms with van der Waals surface area (Å²) < 4.78 is 0. The summed E-state index contributed by atoms with van der Waals surface area (Å²) in [5, 5.41) is 12.0. The third-order valence-electron chi connectivity index (χ3n) is 6.25. The predicted octanol–water partition coefficient (Wildman–Crippen LogP) is 2.59. The maximum absolute atomic E-state index is 13.1. The Bertz CT molecular complexity index is 1100. The molecular weight excluding hydrogens is 394 g/mol. The molecule has 1 aliphatic carbocycles. The molecule has 3 atom stereocenters. The minimum Gasteiger partial charge on any atom is -0.320 e. The van der Waals surface area contributed by atoms with Gasteiger partial charge < -0.3 is 15.1 Å². The monoisotopic (exact) mass is 415 g/mol. The number of amides is 5. The van der Waals surface area contributed by atoms with E-state index in [0.29, 0.717) is 24.3 Å². The molecule has 1 unspecified atom stereocenters. The molecule has 0 radical (unpaired) electrons. The Kier molecular flexibility index (Phi) is 4.59. The number of benzene rings is 2. The molecule has 1 N–H and O–H groups in total. The summed E-state index contributed by atoms with van der Waals surface area (Å²) >= 11 is 0. The Balaban J connectivity index is 1.27. The third kappa shape index (κ3) is 3.28. The van der Waals surface area contributed by atoms with E-state index >= 15 is 0 Å². The van der Waals surface area contributed by atoms with Gasteiger partial charge in [-0.2, -0.15) is 5.26 Å². The van der Waals surface area contributed by atoms with E-state index in [9.17, 15) is 19.6 Å². The first kappa shape index (κ1) is 19.1. The SMILES string of the molecule is N#Cc1ccccc1NC(=O)N1CCN2C(=O)N([C@H]3C[C@@H]3c3ccccc3)C(=O)C2C1. The van der Waals surface area contributed by atoms with Crippen LogP contribution in [-0.4, -0.2) is 64.4 Å². The molecule has 0 aromatic heterocycles. The number of piperazine rings is 1. The fraction of sp³-hybridized carbons (Fsp3) is 0.304. The lowest BCUT2D eigenvalue weighted by molar-refractivity contribution is -0.129. The lowest BCUT2D eigenvalue weighted by Gasteiger charge is -2.35. The van der Waals surface area contributed by atoms with E-state index in [0.717, 1.165) is 12.0 Å². The summed E-state index contributed by atoms with van der Waals surface area (Å²) in [6, 6.07) is 17.3. The Morgan fingerprint density at radius 2 is 1.77 bits per heavy atom. The molecule has 2 saturated heterocycles. The highest BCUT2D eigenvalue weighted by Gasteiger charge is 2.56. The van der Waals surface area contributed by atoms with E-state index in [-0.39, 0.29) is 36.5 Å². The van der Waals surface area contributed by atoms with Gasteiger partial charge in [0.15, 0.2) is 0 Å². The quantitative estimate of drug-likeness (QED) is 0.780. The third-order valence-corrected chi connectivity index (χ3v) is 6.25. The van der Waals surface area contributed by atoms with Gasteiger partial charge in [-0.15, -0.1) is 0 Å². The van der Waals surface area contributed by atoms with Crippen LogP contribution in [0.3, 0.4) is 0 Å². The summed E-state index contributed by atoms with van der Waals surface area (Å²) in [5.41, 5.74) is 1.93. The molecule has 5 amide bonds. The summed E-state index contributed by atoms with van der Waals surface area (Å²) in [4.78, 5) is 43.3. The smallest absolute Gasteiger partial charge is 0.320 e. The Morgan fingerprint density at radius 3 is 2.55 bits per heavy atom. The zero-order valence-corrected chi connectivity index (χ0v) is 16.8. The summed E-state index contributed by atoms with van der Waals surface area (Å²) in [5.74, 6) is -0.0549. The minimum atomic E-state index is -0.657. The molecule has 2 heterocycles. The second-order valence-corrected chi connectivity index (χ2v) is 8.05. The first-order valence-electron chi connectivity index (χ1n) is 10.3. The van der Waals surface area contributed by atoms with Gasteiger partial charge in [0.2, 0.25) is 0 Å². The van der Waals surface area contributed by atoms with E-state index in [4.69, 9.17) is 0 Å². The zero-order valence-electron chi connectivity index (χ0n) is 16.8. The van der Waals surface area contributed by atoms with E-state index in [2.05, 4.69) is 5.32 Å². The van der Waals surface area contributed by atoms with Gasteiger partial charge in [-0.25, -0.2) is 9.59 Å². The fourth-order valence-electron chi connectivity index (χ4n) is 4.52. The summed E-state index contributed by atoms with van der Waals surface area (Å²) in [7, 11) is 0. The molecular formula is C23H21N5O3. The van der Waals surface area contributed by atoms with Gasteiger partial charge in [0.25, 0.3) is 5.91 Å². The van der Waals surface area contributed by atoms with Crippen molar-refractivity contribution >= 4 is 23.7 Å². The summed E-state index contributed by atoms with van der Waals surface area (Å²) in [6.45, 7) is 0.781. The Labute approximate surface area is 179 Å². The number of anilines is 1. The van der Waals surface area contributed by atoms with Gasteiger partial charge in [-0.3, -0.25) is 9.69 Å². The largest absolute Gasteiger partial charge is 0.327 e. The second kappa shape index (κ2) is 7.43. The number of hydrogen-bond donors (Lipinski definition) is 1. The highest BCUT2D eigenvalue weighted by atomic mass is 16.2. The van der Waals surface area contributed by atoms with Crippen LogP contribution in [-0.2, 0) is 4.79 Å². The number of nitrogens with zero attached hydrogens (tertiary/aromatic N) is 4. The van der Waals surface area contributed by atoms with Crippen molar-refractivity contribution in [2.75, 3.05) is 25.0 Å². The van der Waals surface area contributed by atoms with Gasteiger partial charge in [0, 0.05) is 25.0 Å². The van der Waals surface area contributed by atoms with Crippen LogP contribution < -0.4 is 5.32 Å². The molecule has 0 spiro atoms. The molecule has 8 nitrogen and oxygen atoms in total. The molecule has 0 bridgehead atoms. The number of urea groups is 2. The first-order valence-corrected chi connectivity index (χ1v) is 10.3. The summed E-state index contributed by atoms with van der Waals surface area (Å²) in [6.07, 6.45) is 0.775. The van der Waals surface area contributed by atoms with Crippen molar-refractivity contribution in [2.24, 2.45) is 0 Å². The maximum atomic E-state index is 13.1. The van der Waals surface area contributed by atoms with Crippen LogP contribution in [0, 0.1) is 11.3 Å². The number of nitrogens with one attached hydrogen (secondary N) is 1. The number of nitriles is 1. The number of fused-ring (bicyclic) bond motifs is 1. The number of carbonyl (C=O) groups is 3. The number of hydrogen-bond acceptors (Lipinski definition) is 4. The van der Waals surface area contributed by atoms with Crippen molar-refractivity contribution in [1.82, 2.24) is 14.7 Å². The van der Waals surface area contributed by atoms with Gasteiger partial charge in [0.05, 0.1) is 17.8 Å². The number of rotatable bonds is 3. The predicted molar refractivity (Wildman–Crippen MR) is 112 cm³/mol. The molecule has 3 fully saturated rings. The van der Waals surface area contributed by atoms with Crippen molar-refractivity contribution in [3.63, 3.8) is 0 Å². The molecule has 8 heteroatoms. The lowest BCUT2D eigenvalue weighted by Crippen LogP contribution is -2.55. The van der Waals surface area contributed by atoms with Gasteiger partial charge in [0.1, 0.15) is 12.1 Å². The van der Waals surface area contributed by atoms with Gasteiger partial charge in [-0.05, 0) is 24.1 Å². The van der Waals surface area contributed by atoms with E-state index in [1.165, 1.54) is 9.80 Å². The van der Waals surface area contributed by atoms with E-state index in [1.807, 2.05) is 36.4 Å². The second-order valence-electron chi connectivity index (χ2n) is 8.05. The number of carbonyl (C=O) groups excluding carboxylic acids is 3. The average molecular weight is 415 g/mol. The van der Waals surface area contributed by atoms with E-state index < -0.39 is 6.04 Å². The van der Waals surface area contributed by atoms with Crippen LogP contribution >= 0.6 is 0 Å². The normalized spacial score (nSPS) is 24.6.